The first-order valence-corrected chi connectivity index (χ1v) is 6.63. The number of carbonyl (C=O) groups is 1. The van der Waals surface area contributed by atoms with Crippen molar-refractivity contribution in [2.75, 3.05) is 13.1 Å². The number of piperidine rings is 1. The topological polar surface area (TPSA) is 68.5 Å². The summed E-state index contributed by atoms with van der Waals surface area (Å²) in [4.78, 5) is 18.0. The first-order valence-electron chi connectivity index (χ1n) is 6.63. The summed E-state index contributed by atoms with van der Waals surface area (Å²) in [6.45, 7) is 8.69. The van der Waals surface area contributed by atoms with Crippen molar-refractivity contribution in [1.29, 1.82) is 0 Å². The van der Waals surface area contributed by atoms with Crippen molar-refractivity contribution in [3.8, 4) is 0 Å². The molecule has 0 aliphatic carbocycles. The second-order valence-corrected chi connectivity index (χ2v) is 5.94. The van der Waals surface area contributed by atoms with Gasteiger partial charge in [0.05, 0.1) is 0 Å². The first kappa shape index (κ1) is 13.8. The molecule has 0 N–H and O–H groups in total. The molecule has 1 fully saturated rings. The number of nitrogens with zero attached hydrogens (tertiary/aromatic N) is 3. The number of aryl methyl sites for hydroxylation is 1. The van der Waals surface area contributed by atoms with E-state index in [4.69, 9.17) is 9.26 Å². The predicted molar refractivity (Wildman–Crippen MR) is 68.8 cm³/mol. The fourth-order valence-corrected chi connectivity index (χ4v) is 2.16. The maximum Gasteiger partial charge on any atom is 0.410 e. The number of ether oxygens (including phenoxy) is 1. The quantitative estimate of drug-likeness (QED) is 0.782. The van der Waals surface area contributed by atoms with Gasteiger partial charge in [0.15, 0.2) is 5.82 Å². The Hall–Kier alpha value is -1.59. The summed E-state index contributed by atoms with van der Waals surface area (Å²) >= 11 is 0. The normalized spacial score (nSPS) is 20.4. The molecule has 0 radical (unpaired) electrons. The van der Waals surface area contributed by atoms with E-state index in [1.54, 1.807) is 11.8 Å². The van der Waals surface area contributed by atoms with E-state index < -0.39 is 5.60 Å². The summed E-state index contributed by atoms with van der Waals surface area (Å²) in [7, 11) is 0. The van der Waals surface area contributed by atoms with Gasteiger partial charge in [-0.25, -0.2) is 4.79 Å². The number of amides is 1. The Morgan fingerprint density at radius 2 is 2.21 bits per heavy atom. The van der Waals surface area contributed by atoms with E-state index in [9.17, 15) is 4.79 Å². The SMILES string of the molecule is Cc1nc([C@@H]2CCCN(C(=O)OC(C)(C)C)C2)no1. The molecule has 1 amide bonds. The van der Waals surface area contributed by atoms with Crippen LogP contribution in [0, 0.1) is 6.92 Å². The van der Waals surface area contributed by atoms with Crippen molar-refractivity contribution in [1.82, 2.24) is 15.0 Å². The van der Waals surface area contributed by atoms with E-state index in [2.05, 4.69) is 10.1 Å². The second kappa shape index (κ2) is 5.19. The standard InChI is InChI=1S/C13H21N3O3/c1-9-14-11(15-19-9)10-6-5-7-16(8-10)12(17)18-13(2,3)4/h10H,5-8H2,1-4H3/t10-/m1/s1. The lowest BCUT2D eigenvalue weighted by atomic mass is 9.98. The molecule has 0 bridgehead atoms. The molecule has 6 nitrogen and oxygen atoms in total. The van der Waals surface area contributed by atoms with Crippen LogP contribution in [-0.4, -0.2) is 39.8 Å². The van der Waals surface area contributed by atoms with Gasteiger partial charge in [-0.2, -0.15) is 4.98 Å². The van der Waals surface area contributed by atoms with Gasteiger partial charge in [0.2, 0.25) is 5.89 Å². The summed E-state index contributed by atoms with van der Waals surface area (Å²) in [5.74, 6) is 1.38. The lowest BCUT2D eigenvalue weighted by molar-refractivity contribution is 0.0195. The highest BCUT2D eigenvalue weighted by Gasteiger charge is 2.30. The van der Waals surface area contributed by atoms with Gasteiger partial charge in [0, 0.05) is 25.9 Å². The third-order valence-corrected chi connectivity index (χ3v) is 2.98. The van der Waals surface area contributed by atoms with Crippen molar-refractivity contribution in [2.24, 2.45) is 0 Å². The minimum atomic E-state index is -0.466. The highest BCUT2D eigenvalue weighted by Crippen LogP contribution is 2.25. The molecule has 19 heavy (non-hydrogen) atoms. The van der Waals surface area contributed by atoms with Crippen LogP contribution in [0.2, 0.25) is 0 Å². The largest absolute Gasteiger partial charge is 0.444 e. The van der Waals surface area contributed by atoms with Crippen molar-refractivity contribution < 1.29 is 14.1 Å². The van der Waals surface area contributed by atoms with Crippen molar-refractivity contribution in [3.63, 3.8) is 0 Å². The summed E-state index contributed by atoms with van der Waals surface area (Å²) in [5, 5.41) is 3.94. The molecule has 1 aliphatic heterocycles. The Bertz CT molecular complexity index is 450. The van der Waals surface area contributed by atoms with E-state index in [1.165, 1.54) is 0 Å². The summed E-state index contributed by atoms with van der Waals surface area (Å²) in [6, 6.07) is 0. The molecule has 1 atom stereocenters. The Balaban J connectivity index is 1.99. The van der Waals surface area contributed by atoms with Crippen LogP contribution in [0.3, 0.4) is 0 Å². The molecule has 0 spiro atoms. The summed E-state index contributed by atoms with van der Waals surface area (Å²) in [6.07, 6.45) is 1.63. The number of hydrogen-bond acceptors (Lipinski definition) is 5. The van der Waals surface area contributed by atoms with E-state index >= 15 is 0 Å². The molecule has 0 unspecified atom stereocenters. The molecule has 0 aromatic carbocycles. The number of aromatic nitrogens is 2. The van der Waals surface area contributed by atoms with Gasteiger partial charge in [-0.3, -0.25) is 0 Å². The lowest BCUT2D eigenvalue weighted by Gasteiger charge is -2.32. The molecule has 106 valence electrons. The maximum absolute atomic E-state index is 12.0. The number of carbonyl (C=O) groups excluding carboxylic acids is 1. The molecule has 2 heterocycles. The predicted octanol–water partition coefficient (Wildman–Crippen LogP) is 2.49. The fraction of sp³-hybridized carbons (Fsp3) is 0.769. The molecule has 1 saturated heterocycles. The molecule has 2 rings (SSSR count). The molecule has 6 heteroatoms. The number of likely N-dealkylation sites (tertiary alicyclic amines) is 1. The van der Waals surface area contributed by atoms with Crippen molar-refractivity contribution in [2.45, 2.75) is 52.1 Å². The molecule has 1 aromatic rings. The van der Waals surface area contributed by atoms with Crippen LogP contribution in [0.25, 0.3) is 0 Å². The minimum absolute atomic E-state index is 0.138. The maximum atomic E-state index is 12.0. The third kappa shape index (κ3) is 3.68. The smallest absolute Gasteiger partial charge is 0.410 e. The number of rotatable bonds is 1. The Morgan fingerprint density at radius 1 is 1.47 bits per heavy atom. The second-order valence-electron chi connectivity index (χ2n) is 5.94. The average molecular weight is 267 g/mol. The minimum Gasteiger partial charge on any atom is -0.444 e. The van der Waals surface area contributed by atoms with Gasteiger partial charge < -0.3 is 14.2 Å². The Morgan fingerprint density at radius 3 is 2.79 bits per heavy atom. The number of hydrogen-bond donors (Lipinski definition) is 0. The van der Waals surface area contributed by atoms with Crippen LogP contribution in [-0.2, 0) is 4.74 Å². The van der Waals surface area contributed by atoms with Gasteiger partial charge in [0.25, 0.3) is 0 Å². The van der Waals surface area contributed by atoms with Gasteiger partial charge in [-0.1, -0.05) is 5.16 Å². The van der Waals surface area contributed by atoms with E-state index in [1.807, 2.05) is 20.8 Å². The summed E-state index contributed by atoms with van der Waals surface area (Å²) in [5.41, 5.74) is -0.466. The lowest BCUT2D eigenvalue weighted by Crippen LogP contribution is -2.42. The van der Waals surface area contributed by atoms with Gasteiger partial charge in [-0.15, -0.1) is 0 Å². The van der Waals surface area contributed by atoms with Gasteiger partial charge in [-0.05, 0) is 33.6 Å². The summed E-state index contributed by atoms with van der Waals surface area (Å²) < 4.78 is 10.4. The van der Waals surface area contributed by atoms with Crippen LogP contribution in [0.5, 0.6) is 0 Å². The molecular formula is C13H21N3O3. The van der Waals surface area contributed by atoms with Crippen LogP contribution < -0.4 is 0 Å². The zero-order valence-electron chi connectivity index (χ0n) is 12.0. The van der Waals surface area contributed by atoms with E-state index in [0.717, 1.165) is 19.4 Å². The monoisotopic (exact) mass is 267 g/mol. The van der Waals surface area contributed by atoms with Crippen molar-refractivity contribution in [3.05, 3.63) is 11.7 Å². The highest BCUT2D eigenvalue weighted by molar-refractivity contribution is 5.68. The molecular weight excluding hydrogens is 246 g/mol. The fourth-order valence-electron chi connectivity index (χ4n) is 2.16. The zero-order chi connectivity index (χ0) is 14.0. The zero-order valence-corrected chi connectivity index (χ0v) is 12.0. The van der Waals surface area contributed by atoms with Crippen LogP contribution in [0.4, 0.5) is 4.79 Å². The third-order valence-electron chi connectivity index (χ3n) is 2.98. The van der Waals surface area contributed by atoms with E-state index in [-0.39, 0.29) is 12.0 Å². The van der Waals surface area contributed by atoms with Gasteiger partial charge in [0.1, 0.15) is 5.60 Å². The molecule has 0 saturated carbocycles. The Kier molecular flexibility index (Phi) is 3.78. The van der Waals surface area contributed by atoms with E-state index in [0.29, 0.717) is 18.3 Å². The van der Waals surface area contributed by atoms with Gasteiger partial charge >= 0.3 is 6.09 Å². The average Bonchev–Trinajstić information content (AvgIpc) is 2.74. The first-order chi connectivity index (χ1) is 8.85. The Labute approximate surface area is 113 Å². The molecule has 1 aromatic heterocycles. The van der Waals surface area contributed by atoms with Crippen LogP contribution in [0.15, 0.2) is 4.52 Å². The molecule has 1 aliphatic rings. The highest BCUT2D eigenvalue weighted by atomic mass is 16.6. The van der Waals surface area contributed by atoms with Crippen LogP contribution >= 0.6 is 0 Å². The van der Waals surface area contributed by atoms with Crippen molar-refractivity contribution >= 4 is 6.09 Å². The van der Waals surface area contributed by atoms with Crippen LogP contribution in [0.1, 0.15) is 51.2 Å².